The summed E-state index contributed by atoms with van der Waals surface area (Å²) in [5.74, 6) is -1.38. The van der Waals surface area contributed by atoms with Gasteiger partial charge in [0.1, 0.15) is 6.54 Å². The van der Waals surface area contributed by atoms with Gasteiger partial charge in [0, 0.05) is 41.3 Å². The first kappa shape index (κ1) is 21.3. The van der Waals surface area contributed by atoms with Crippen molar-refractivity contribution in [3.8, 4) is 0 Å². The number of amides is 2. The highest BCUT2D eigenvalue weighted by molar-refractivity contribution is 6.48. The monoisotopic (exact) mass is 427 g/mol. The molecule has 0 saturated carbocycles. The number of benzene rings is 3. The minimum atomic E-state index is -0.709. The lowest BCUT2D eigenvalue weighted by Crippen LogP contribution is -2.33. The van der Waals surface area contributed by atoms with Crippen LogP contribution in [0.1, 0.15) is 24.2 Å². The van der Waals surface area contributed by atoms with Crippen molar-refractivity contribution in [3.05, 3.63) is 78.5 Å². The molecule has 0 radical (unpaired) electrons. The lowest BCUT2D eigenvalue weighted by molar-refractivity contribution is -0.131. The van der Waals surface area contributed by atoms with E-state index >= 15 is 0 Å². The van der Waals surface area contributed by atoms with Gasteiger partial charge in [0.25, 0.3) is 11.7 Å². The smallest absolute Gasteiger partial charge is 0.296 e. The van der Waals surface area contributed by atoms with Crippen molar-refractivity contribution in [2.75, 3.05) is 18.4 Å². The number of para-hydroxylation sites is 1. The molecule has 0 fully saturated rings. The number of carbonyl (C=O) groups excluding carboxylic acids is 3. The van der Waals surface area contributed by atoms with E-state index in [0.29, 0.717) is 24.2 Å². The second-order valence-corrected chi connectivity index (χ2v) is 7.56. The Balaban J connectivity index is 1.65. The van der Waals surface area contributed by atoms with E-state index in [2.05, 4.69) is 5.32 Å². The van der Waals surface area contributed by atoms with Crippen LogP contribution in [0.4, 0.5) is 5.69 Å². The molecule has 0 atom stereocenters. The third kappa shape index (κ3) is 3.99. The van der Waals surface area contributed by atoms with Gasteiger partial charge >= 0.3 is 0 Å². The van der Waals surface area contributed by atoms with Gasteiger partial charge in [-0.2, -0.15) is 0 Å². The summed E-state index contributed by atoms with van der Waals surface area (Å²) in [5, 5.41) is 5.25. The van der Waals surface area contributed by atoms with Gasteiger partial charge in [-0.25, -0.2) is 0 Å². The zero-order chi connectivity index (χ0) is 22.7. The number of rotatable bonds is 7. The number of likely N-dealkylation sites (N-methyl/N-ethyl adjacent to an activating group) is 1. The maximum atomic E-state index is 13.1. The Kier molecular flexibility index (Phi) is 6.03. The van der Waals surface area contributed by atoms with Crippen LogP contribution in [-0.2, 0) is 16.1 Å². The molecule has 0 saturated heterocycles. The van der Waals surface area contributed by atoms with Crippen molar-refractivity contribution < 1.29 is 14.4 Å². The number of hydrogen-bond acceptors (Lipinski definition) is 3. The molecule has 0 bridgehead atoms. The standard InChI is InChI=1S/C26H25N3O3/c1-3-28(4-2)24(30)17-29-16-21(20-13-7-8-15-23(20)29)25(31)26(32)27-22-14-9-11-18-10-5-6-12-19(18)22/h5-16H,3-4,17H2,1-2H3,(H,27,32). The molecule has 162 valence electrons. The molecule has 3 aromatic carbocycles. The summed E-state index contributed by atoms with van der Waals surface area (Å²) < 4.78 is 1.74. The van der Waals surface area contributed by atoms with Crippen molar-refractivity contribution >= 4 is 45.0 Å². The van der Waals surface area contributed by atoms with Crippen LogP contribution >= 0.6 is 0 Å². The highest BCUT2D eigenvalue weighted by Gasteiger charge is 2.23. The Morgan fingerprint density at radius 3 is 2.25 bits per heavy atom. The molecule has 1 aromatic heterocycles. The van der Waals surface area contributed by atoms with Crippen molar-refractivity contribution in [1.82, 2.24) is 9.47 Å². The van der Waals surface area contributed by atoms with Gasteiger partial charge in [0.2, 0.25) is 5.91 Å². The molecule has 1 N–H and O–H groups in total. The van der Waals surface area contributed by atoms with Crippen LogP contribution in [0.5, 0.6) is 0 Å². The van der Waals surface area contributed by atoms with Crippen LogP contribution in [0.3, 0.4) is 0 Å². The Labute approximate surface area is 186 Å². The fourth-order valence-electron chi connectivity index (χ4n) is 4.02. The third-order valence-electron chi connectivity index (χ3n) is 5.70. The SMILES string of the molecule is CCN(CC)C(=O)Cn1cc(C(=O)C(=O)Nc2cccc3ccccc23)c2ccccc21. The van der Waals surface area contributed by atoms with E-state index in [4.69, 9.17) is 0 Å². The predicted octanol–water partition coefficient (Wildman–Crippen LogP) is 4.48. The molecule has 6 nitrogen and oxygen atoms in total. The van der Waals surface area contributed by atoms with Crippen LogP contribution in [0, 0.1) is 0 Å². The number of Topliss-reactive ketones (excluding diaryl/α,β-unsaturated/α-hetero) is 1. The van der Waals surface area contributed by atoms with E-state index in [0.717, 1.165) is 16.3 Å². The first-order valence-corrected chi connectivity index (χ1v) is 10.7. The molecule has 0 aliphatic carbocycles. The van der Waals surface area contributed by atoms with Gasteiger partial charge in [0.15, 0.2) is 0 Å². The van der Waals surface area contributed by atoms with Gasteiger partial charge in [-0.15, -0.1) is 0 Å². The second-order valence-electron chi connectivity index (χ2n) is 7.56. The maximum Gasteiger partial charge on any atom is 0.296 e. The van der Waals surface area contributed by atoms with Gasteiger partial charge in [-0.3, -0.25) is 14.4 Å². The number of hydrogen-bond donors (Lipinski definition) is 1. The highest BCUT2D eigenvalue weighted by Crippen LogP contribution is 2.25. The summed E-state index contributed by atoms with van der Waals surface area (Å²) in [4.78, 5) is 40.4. The van der Waals surface area contributed by atoms with Gasteiger partial charge < -0.3 is 14.8 Å². The Morgan fingerprint density at radius 1 is 0.844 bits per heavy atom. The lowest BCUT2D eigenvalue weighted by Gasteiger charge is -2.19. The van der Waals surface area contributed by atoms with Crippen LogP contribution in [0.2, 0.25) is 0 Å². The molecule has 0 aliphatic heterocycles. The first-order valence-electron chi connectivity index (χ1n) is 10.7. The van der Waals surface area contributed by atoms with Crippen molar-refractivity contribution in [3.63, 3.8) is 0 Å². The second kappa shape index (κ2) is 9.06. The van der Waals surface area contributed by atoms with E-state index < -0.39 is 11.7 Å². The molecular weight excluding hydrogens is 402 g/mol. The Hall–Kier alpha value is -3.93. The number of carbonyl (C=O) groups is 3. The molecule has 4 aromatic rings. The fraction of sp³-hybridized carbons (Fsp3) is 0.192. The summed E-state index contributed by atoms with van der Waals surface area (Å²) in [6.07, 6.45) is 1.61. The zero-order valence-corrected chi connectivity index (χ0v) is 18.2. The molecule has 6 heteroatoms. The normalized spacial score (nSPS) is 10.9. The largest absolute Gasteiger partial charge is 0.342 e. The summed E-state index contributed by atoms with van der Waals surface area (Å²) in [7, 11) is 0. The Morgan fingerprint density at radius 2 is 1.50 bits per heavy atom. The number of fused-ring (bicyclic) bond motifs is 2. The van der Waals surface area contributed by atoms with E-state index in [1.807, 2.05) is 68.4 Å². The molecular formula is C26H25N3O3. The quantitative estimate of drug-likeness (QED) is 0.349. The third-order valence-corrected chi connectivity index (χ3v) is 5.70. The first-order chi connectivity index (χ1) is 15.5. The molecule has 0 aliphatic rings. The van der Waals surface area contributed by atoms with Crippen LogP contribution < -0.4 is 5.32 Å². The fourth-order valence-corrected chi connectivity index (χ4v) is 4.02. The molecule has 0 unspecified atom stereocenters. The summed E-state index contributed by atoms with van der Waals surface area (Å²) >= 11 is 0. The highest BCUT2D eigenvalue weighted by atomic mass is 16.2. The van der Waals surface area contributed by atoms with Crippen LogP contribution in [-0.4, -0.2) is 40.2 Å². The Bertz CT molecular complexity index is 1310. The van der Waals surface area contributed by atoms with Crippen molar-refractivity contribution in [2.45, 2.75) is 20.4 Å². The topological polar surface area (TPSA) is 71.4 Å². The number of ketones is 1. The molecule has 4 rings (SSSR count). The number of anilines is 1. The zero-order valence-electron chi connectivity index (χ0n) is 18.2. The van der Waals surface area contributed by atoms with Crippen LogP contribution in [0.25, 0.3) is 21.7 Å². The van der Waals surface area contributed by atoms with E-state index in [1.165, 1.54) is 0 Å². The number of nitrogens with zero attached hydrogens (tertiary/aromatic N) is 2. The lowest BCUT2D eigenvalue weighted by atomic mass is 10.1. The molecule has 1 heterocycles. The average Bonchev–Trinajstić information content (AvgIpc) is 3.18. The maximum absolute atomic E-state index is 13.1. The number of nitrogens with one attached hydrogen (secondary N) is 1. The minimum Gasteiger partial charge on any atom is -0.342 e. The molecule has 2 amide bonds. The van der Waals surface area contributed by atoms with E-state index in [1.54, 1.807) is 27.8 Å². The average molecular weight is 428 g/mol. The number of aromatic nitrogens is 1. The van der Waals surface area contributed by atoms with Crippen LogP contribution in [0.15, 0.2) is 72.9 Å². The molecule has 32 heavy (non-hydrogen) atoms. The van der Waals surface area contributed by atoms with Gasteiger partial charge in [0.05, 0.1) is 5.56 Å². The molecule has 0 spiro atoms. The summed E-state index contributed by atoms with van der Waals surface area (Å²) in [6, 6.07) is 20.6. The van der Waals surface area contributed by atoms with Crippen molar-refractivity contribution in [2.24, 2.45) is 0 Å². The van der Waals surface area contributed by atoms with Gasteiger partial charge in [-0.05, 0) is 31.4 Å². The van der Waals surface area contributed by atoms with Crippen molar-refractivity contribution in [1.29, 1.82) is 0 Å². The van der Waals surface area contributed by atoms with E-state index in [-0.39, 0.29) is 18.0 Å². The van der Waals surface area contributed by atoms with Gasteiger partial charge in [-0.1, -0.05) is 54.6 Å². The summed E-state index contributed by atoms with van der Waals surface area (Å²) in [6.45, 7) is 5.21. The predicted molar refractivity (Wildman–Crippen MR) is 127 cm³/mol. The minimum absolute atomic E-state index is 0.0324. The summed E-state index contributed by atoms with van der Waals surface area (Å²) in [5.41, 5.74) is 1.61. The van der Waals surface area contributed by atoms with E-state index in [9.17, 15) is 14.4 Å².